The van der Waals surface area contributed by atoms with Gasteiger partial charge in [-0.25, -0.2) is 4.98 Å². The van der Waals surface area contributed by atoms with Crippen LogP contribution in [-0.2, 0) is 0 Å². The van der Waals surface area contributed by atoms with Crippen molar-refractivity contribution in [1.29, 1.82) is 0 Å². The molecule has 0 spiro atoms. The van der Waals surface area contributed by atoms with E-state index >= 15 is 0 Å². The van der Waals surface area contributed by atoms with Gasteiger partial charge in [-0.15, -0.1) is 11.3 Å². The van der Waals surface area contributed by atoms with Crippen LogP contribution in [0.5, 0.6) is 0 Å². The molecule has 0 fully saturated rings. The van der Waals surface area contributed by atoms with Gasteiger partial charge in [-0.2, -0.15) is 11.3 Å². The average Bonchev–Trinajstić information content (AvgIpc) is 2.86. The van der Waals surface area contributed by atoms with E-state index in [9.17, 15) is 9.59 Å². The van der Waals surface area contributed by atoms with E-state index in [1.165, 1.54) is 29.6 Å². The van der Waals surface area contributed by atoms with E-state index in [4.69, 9.17) is 0 Å². The molecule has 0 aromatic carbocycles. The lowest BCUT2D eigenvalue weighted by Gasteiger charge is -1.99. The normalized spacial score (nSPS) is 10.2. The number of hydrogen-bond donors (Lipinski definition) is 1. The van der Waals surface area contributed by atoms with E-state index < -0.39 is 0 Å². The molecule has 0 unspecified atom stereocenters. The molecule has 1 amide bonds. The number of carbonyl (C=O) groups is 2. The monoisotopic (exact) mass is 266 g/mol. The molecule has 4 nitrogen and oxygen atoms in total. The van der Waals surface area contributed by atoms with E-state index in [-0.39, 0.29) is 11.7 Å². The molecule has 0 aliphatic carbocycles. The van der Waals surface area contributed by atoms with E-state index in [0.29, 0.717) is 16.4 Å². The largest absolute Gasteiger partial charge is 0.298 e. The second kappa shape index (κ2) is 4.77. The highest BCUT2D eigenvalue weighted by Crippen LogP contribution is 2.19. The lowest BCUT2D eigenvalue weighted by Crippen LogP contribution is -2.12. The molecule has 88 valence electrons. The second-order valence-corrected chi connectivity index (χ2v) is 5.12. The number of hydrogen-bond acceptors (Lipinski definition) is 5. The van der Waals surface area contributed by atoms with Crippen LogP contribution in [0, 0.1) is 6.92 Å². The molecule has 0 bridgehead atoms. The summed E-state index contributed by atoms with van der Waals surface area (Å²) in [7, 11) is 0. The summed E-state index contributed by atoms with van der Waals surface area (Å²) in [5.41, 5.74) is 1.97. The molecule has 0 radical (unpaired) electrons. The minimum Gasteiger partial charge on any atom is -0.298 e. The summed E-state index contributed by atoms with van der Waals surface area (Å²) in [6, 6.07) is 0. The molecular weight excluding hydrogens is 256 g/mol. The average molecular weight is 266 g/mol. The maximum absolute atomic E-state index is 11.9. The van der Waals surface area contributed by atoms with Crippen LogP contribution >= 0.6 is 22.7 Å². The smallest absolute Gasteiger partial charge is 0.258 e. The molecule has 1 N–H and O–H groups in total. The van der Waals surface area contributed by atoms with Gasteiger partial charge in [0.25, 0.3) is 5.91 Å². The van der Waals surface area contributed by atoms with Crippen LogP contribution in [0.2, 0.25) is 0 Å². The Hall–Kier alpha value is -1.53. The van der Waals surface area contributed by atoms with Gasteiger partial charge >= 0.3 is 0 Å². The van der Waals surface area contributed by atoms with E-state index in [1.54, 1.807) is 10.8 Å². The van der Waals surface area contributed by atoms with Crippen LogP contribution in [0.4, 0.5) is 5.13 Å². The maximum atomic E-state index is 11.9. The maximum Gasteiger partial charge on any atom is 0.258 e. The summed E-state index contributed by atoms with van der Waals surface area (Å²) >= 11 is 2.73. The van der Waals surface area contributed by atoms with Crippen LogP contribution in [0.1, 0.15) is 33.3 Å². The Morgan fingerprint density at radius 2 is 2.06 bits per heavy atom. The molecule has 2 aromatic rings. The molecule has 2 rings (SSSR count). The zero-order valence-corrected chi connectivity index (χ0v) is 10.9. The quantitative estimate of drug-likeness (QED) is 0.869. The molecule has 0 saturated carbocycles. The fraction of sp³-hybridized carbons (Fsp3) is 0.182. The molecule has 0 atom stereocenters. The number of carbonyl (C=O) groups excluding carboxylic acids is 2. The van der Waals surface area contributed by atoms with Crippen molar-refractivity contribution in [2.24, 2.45) is 0 Å². The SMILES string of the molecule is CC(=O)c1csc(NC(=O)c2cscc2C)n1. The lowest BCUT2D eigenvalue weighted by atomic mass is 10.2. The first-order valence-corrected chi connectivity index (χ1v) is 6.71. The number of aryl methyl sites for hydroxylation is 1. The number of rotatable bonds is 3. The molecule has 2 aromatic heterocycles. The Morgan fingerprint density at radius 3 is 2.59 bits per heavy atom. The summed E-state index contributed by atoms with van der Waals surface area (Å²) in [5, 5.41) is 8.48. The van der Waals surface area contributed by atoms with Gasteiger partial charge in [0.2, 0.25) is 0 Å². The number of anilines is 1. The summed E-state index contributed by atoms with van der Waals surface area (Å²) in [5.74, 6) is -0.290. The number of nitrogens with zero attached hydrogens (tertiary/aromatic N) is 1. The van der Waals surface area contributed by atoms with Crippen molar-refractivity contribution in [3.8, 4) is 0 Å². The van der Waals surface area contributed by atoms with Crippen LogP contribution in [0.15, 0.2) is 16.1 Å². The second-order valence-electron chi connectivity index (χ2n) is 3.52. The number of thiazole rings is 1. The Kier molecular flexibility index (Phi) is 3.35. The number of nitrogens with one attached hydrogen (secondary N) is 1. The summed E-state index contributed by atoms with van der Waals surface area (Å²) < 4.78 is 0. The van der Waals surface area contributed by atoms with E-state index in [0.717, 1.165) is 5.56 Å². The molecule has 0 saturated heterocycles. The minimum absolute atomic E-state index is 0.103. The molecule has 0 aliphatic heterocycles. The first-order chi connectivity index (χ1) is 8.08. The Morgan fingerprint density at radius 1 is 1.29 bits per heavy atom. The summed E-state index contributed by atoms with van der Waals surface area (Å²) in [6.45, 7) is 3.33. The Balaban J connectivity index is 2.13. The zero-order chi connectivity index (χ0) is 12.4. The van der Waals surface area contributed by atoms with Crippen LogP contribution in [0.3, 0.4) is 0 Å². The highest BCUT2D eigenvalue weighted by molar-refractivity contribution is 7.14. The molecule has 17 heavy (non-hydrogen) atoms. The highest BCUT2D eigenvalue weighted by atomic mass is 32.1. The van der Waals surface area contributed by atoms with E-state index in [2.05, 4.69) is 10.3 Å². The van der Waals surface area contributed by atoms with Crippen molar-refractivity contribution in [3.05, 3.63) is 33.0 Å². The number of thiophene rings is 1. The van der Waals surface area contributed by atoms with Gasteiger partial charge in [0, 0.05) is 17.7 Å². The van der Waals surface area contributed by atoms with Gasteiger partial charge in [0.15, 0.2) is 10.9 Å². The molecule has 2 heterocycles. The topological polar surface area (TPSA) is 59.1 Å². The number of Topliss-reactive ketones (excluding diaryl/α,β-unsaturated/α-hetero) is 1. The zero-order valence-electron chi connectivity index (χ0n) is 9.31. The molecular formula is C11H10N2O2S2. The van der Waals surface area contributed by atoms with Crippen molar-refractivity contribution >= 4 is 39.5 Å². The van der Waals surface area contributed by atoms with Crippen molar-refractivity contribution in [2.75, 3.05) is 5.32 Å². The van der Waals surface area contributed by atoms with Crippen LogP contribution < -0.4 is 5.32 Å². The predicted molar refractivity (Wildman–Crippen MR) is 69.1 cm³/mol. The van der Waals surface area contributed by atoms with E-state index in [1.807, 2.05) is 12.3 Å². The van der Waals surface area contributed by atoms with Gasteiger partial charge in [-0.3, -0.25) is 14.9 Å². The van der Waals surface area contributed by atoms with Crippen molar-refractivity contribution in [2.45, 2.75) is 13.8 Å². The summed E-state index contributed by atoms with van der Waals surface area (Å²) in [4.78, 5) is 26.9. The predicted octanol–water partition coefficient (Wildman–Crippen LogP) is 2.97. The fourth-order valence-electron chi connectivity index (χ4n) is 1.25. The van der Waals surface area contributed by atoms with Crippen molar-refractivity contribution in [1.82, 2.24) is 4.98 Å². The van der Waals surface area contributed by atoms with Crippen molar-refractivity contribution < 1.29 is 9.59 Å². The number of amides is 1. The lowest BCUT2D eigenvalue weighted by molar-refractivity contribution is 0.100. The third-order valence-corrected chi connectivity index (χ3v) is 3.80. The Bertz CT molecular complexity index is 572. The van der Waals surface area contributed by atoms with Gasteiger partial charge in [0.05, 0.1) is 5.56 Å². The number of aromatic nitrogens is 1. The van der Waals surface area contributed by atoms with Gasteiger partial charge in [-0.05, 0) is 17.9 Å². The minimum atomic E-state index is -0.187. The highest BCUT2D eigenvalue weighted by Gasteiger charge is 2.12. The first-order valence-electron chi connectivity index (χ1n) is 4.88. The number of ketones is 1. The standard InChI is InChI=1S/C11H10N2O2S2/c1-6-3-16-4-8(6)10(15)13-11-12-9(5-17-11)7(2)14/h3-5H,1-2H3,(H,12,13,15). The van der Waals surface area contributed by atoms with Crippen LogP contribution in [-0.4, -0.2) is 16.7 Å². The van der Waals surface area contributed by atoms with Crippen LogP contribution in [0.25, 0.3) is 0 Å². The summed E-state index contributed by atoms with van der Waals surface area (Å²) in [6.07, 6.45) is 0. The molecule has 6 heteroatoms. The third-order valence-electron chi connectivity index (χ3n) is 2.19. The Labute approximate surface area is 106 Å². The molecule has 0 aliphatic rings. The van der Waals surface area contributed by atoms with Gasteiger partial charge in [-0.1, -0.05) is 0 Å². The third kappa shape index (κ3) is 2.59. The van der Waals surface area contributed by atoms with Gasteiger partial charge < -0.3 is 0 Å². The van der Waals surface area contributed by atoms with Gasteiger partial charge in [0.1, 0.15) is 5.69 Å². The van der Waals surface area contributed by atoms with Crippen molar-refractivity contribution in [3.63, 3.8) is 0 Å². The fourth-order valence-corrected chi connectivity index (χ4v) is 2.82. The first kappa shape index (κ1) is 11.9.